The molecule has 0 spiro atoms. The lowest BCUT2D eigenvalue weighted by atomic mass is 10.1. The number of halogens is 1. The van der Waals surface area contributed by atoms with Crippen molar-refractivity contribution in [3.8, 4) is 0 Å². The second kappa shape index (κ2) is 5.40. The number of fused-ring (bicyclic) bond motifs is 1. The minimum Gasteiger partial charge on any atom is -0.463 e. The van der Waals surface area contributed by atoms with Crippen molar-refractivity contribution in [1.82, 2.24) is 4.57 Å². The van der Waals surface area contributed by atoms with Crippen LogP contribution < -0.4 is 0 Å². The first-order valence-corrected chi connectivity index (χ1v) is 6.50. The Balaban J connectivity index is 2.39. The second-order valence-corrected chi connectivity index (χ2v) is 4.86. The lowest BCUT2D eigenvalue weighted by Gasteiger charge is -1.96. The fourth-order valence-electron chi connectivity index (χ4n) is 1.88. The molecule has 1 aromatic heterocycles. The number of hydrogen-bond acceptors (Lipinski definition) is 2. The molecular formula is C14H14BrNO2. The number of hydrogen-bond donors (Lipinski definition) is 0. The predicted octanol–water partition coefficient (Wildman–Crippen LogP) is 3.52. The highest BCUT2D eigenvalue weighted by Crippen LogP contribution is 2.25. The van der Waals surface area contributed by atoms with Crippen LogP contribution in [-0.4, -0.2) is 17.1 Å². The van der Waals surface area contributed by atoms with Gasteiger partial charge in [0.2, 0.25) is 0 Å². The first-order valence-electron chi connectivity index (χ1n) is 5.71. The van der Waals surface area contributed by atoms with Crippen LogP contribution in [0.25, 0.3) is 17.0 Å². The average molecular weight is 308 g/mol. The first-order chi connectivity index (χ1) is 8.61. The Bertz CT molecular complexity index is 614. The number of esters is 1. The number of aryl methyl sites for hydroxylation is 1. The van der Waals surface area contributed by atoms with Gasteiger partial charge in [-0.25, -0.2) is 4.79 Å². The largest absolute Gasteiger partial charge is 0.463 e. The van der Waals surface area contributed by atoms with Crippen molar-refractivity contribution in [3.63, 3.8) is 0 Å². The molecule has 4 heteroatoms. The van der Waals surface area contributed by atoms with Gasteiger partial charge in [0.25, 0.3) is 0 Å². The number of carbonyl (C=O) groups is 1. The smallest absolute Gasteiger partial charge is 0.330 e. The summed E-state index contributed by atoms with van der Waals surface area (Å²) in [5.74, 6) is -0.315. The summed E-state index contributed by atoms with van der Waals surface area (Å²) in [6.07, 6.45) is 5.23. The maximum absolute atomic E-state index is 11.3. The maximum atomic E-state index is 11.3. The van der Waals surface area contributed by atoms with Crippen LogP contribution in [0.4, 0.5) is 0 Å². The van der Waals surface area contributed by atoms with Crippen LogP contribution in [0.15, 0.2) is 34.9 Å². The molecule has 0 saturated carbocycles. The summed E-state index contributed by atoms with van der Waals surface area (Å²) in [5, 5.41) is 1.10. The third-order valence-electron chi connectivity index (χ3n) is 2.67. The molecule has 1 aromatic carbocycles. The molecule has 0 bridgehead atoms. The highest BCUT2D eigenvalue weighted by molar-refractivity contribution is 9.10. The maximum Gasteiger partial charge on any atom is 0.330 e. The minimum atomic E-state index is -0.315. The summed E-state index contributed by atoms with van der Waals surface area (Å²) in [6.45, 7) is 2.19. The topological polar surface area (TPSA) is 31.2 Å². The van der Waals surface area contributed by atoms with E-state index < -0.39 is 0 Å². The Morgan fingerprint density at radius 1 is 1.50 bits per heavy atom. The fraction of sp³-hybridized carbons (Fsp3) is 0.214. The lowest BCUT2D eigenvalue weighted by Crippen LogP contribution is -1.98. The van der Waals surface area contributed by atoms with E-state index in [0.717, 1.165) is 20.9 Å². The molecule has 0 saturated heterocycles. The number of benzene rings is 1. The molecule has 0 fully saturated rings. The van der Waals surface area contributed by atoms with Crippen LogP contribution in [0.3, 0.4) is 0 Å². The van der Waals surface area contributed by atoms with Crippen molar-refractivity contribution in [1.29, 1.82) is 0 Å². The van der Waals surface area contributed by atoms with Crippen LogP contribution >= 0.6 is 15.9 Å². The minimum absolute atomic E-state index is 0.315. The molecule has 0 N–H and O–H groups in total. The van der Waals surface area contributed by atoms with Crippen LogP contribution in [-0.2, 0) is 16.6 Å². The van der Waals surface area contributed by atoms with Gasteiger partial charge in [-0.15, -0.1) is 0 Å². The molecule has 0 radical (unpaired) electrons. The van der Waals surface area contributed by atoms with Gasteiger partial charge in [0.1, 0.15) is 0 Å². The standard InChI is InChI=1S/C14H14BrNO2/c1-3-18-14(17)7-4-10-9-16(2)13-6-5-11(15)8-12(10)13/h4-9H,3H2,1-2H3. The number of nitrogens with zero attached hydrogens (tertiary/aromatic N) is 1. The number of carbonyl (C=O) groups excluding carboxylic acids is 1. The molecule has 0 aliphatic heterocycles. The van der Waals surface area contributed by atoms with E-state index in [1.807, 2.05) is 36.0 Å². The molecule has 0 aliphatic rings. The normalized spacial score (nSPS) is 11.3. The molecule has 0 aliphatic carbocycles. The van der Waals surface area contributed by atoms with E-state index in [2.05, 4.69) is 15.9 Å². The Morgan fingerprint density at radius 2 is 2.28 bits per heavy atom. The van der Waals surface area contributed by atoms with Gasteiger partial charge in [-0.2, -0.15) is 0 Å². The van der Waals surface area contributed by atoms with Crippen LogP contribution in [0.2, 0.25) is 0 Å². The average Bonchev–Trinajstić information content (AvgIpc) is 2.63. The van der Waals surface area contributed by atoms with Gasteiger partial charge in [-0.05, 0) is 31.2 Å². The zero-order valence-electron chi connectivity index (χ0n) is 10.3. The summed E-state index contributed by atoms with van der Waals surface area (Å²) < 4.78 is 7.92. The summed E-state index contributed by atoms with van der Waals surface area (Å²) in [4.78, 5) is 11.3. The van der Waals surface area contributed by atoms with Gasteiger partial charge in [0, 0.05) is 40.3 Å². The van der Waals surface area contributed by atoms with Crippen LogP contribution in [0, 0.1) is 0 Å². The SMILES string of the molecule is CCOC(=O)C=Cc1cn(C)c2ccc(Br)cc12. The zero-order chi connectivity index (χ0) is 13.1. The molecule has 2 rings (SSSR count). The van der Waals surface area contributed by atoms with Crippen molar-refractivity contribution in [2.24, 2.45) is 7.05 Å². The zero-order valence-corrected chi connectivity index (χ0v) is 11.9. The van der Waals surface area contributed by atoms with Crippen molar-refractivity contribution in [2.75, 3.05) is 6.61 Å². The molecule has 0 unspecified atom stereocenters. The molecular weight excluding hydrogens is 294 g/mol. The van der Waals surface area contributed by atoms with E-state index in [-0.39, 0.29) is 5.97 Å². The highest BCUT2D eigenvalue weighted by Gasteiger charge is 2.05. The molecule has 0 amide bonds. The van der Waals surface area contributed by atoms with Gasteiger partial charge < -0.3 is 9.30 Å². The van der Waals surface area contributed by atoms with Crippen molar-refractivity contribution < 1.29 is 9.53 Å². The summed E-state index contributed by atoms with van der Waals surface area (Å²) in [7, 11) is 1.98. The molecule has 94 valence electrons. The Labute approximate surface area is 114 Å². The molecule has 3 nitrogen and oxygen atoms in total. The number of ether oxygens (including phenoxy) is 1. The van der Waals surface area contributed by atoms with E-state index >= 15 is 0 Å². The van der Waals surface area contributed by atoms with Crippen LogP contribution in [0.1, 0.15) is 12.5 Å². The van der Waals surface area contributed by atoms with E-state index in [1.54, 1.807) is 13.0 Å². The number of aromatic nitrogens is 1. The van der Waals surface area contributed by atoms with E-state index in [9.17, 15) is 4.79 Å². The first kappa shape index (κ1) is 12.9. The van der Waals surface area contributed by atoms with E-state index in [1.165, 1.54) is 6.08 Å². The Hall–Kier alpha value is -1.55. The quantitative estimate of drug-likeness (QED) is 0.642. The molecule has 1 heterocycles. The fourth-order valence-corrected chi connectivity index (χ4v) is 2.24. The van der Waals surface area contributed by atoms with Gasteiger partial charge in [-0.3, -0.25) is 0 Å². The summed E-state index contributed by atoms with van der Waals surface area (Å²) in [5.41, 5.74) is 2.13. The van der Waals surface area contributed by atoms with Gasteiger partial charge in [0.15, 0.2) is 0 Å². The van der Waals surface area contributed by atoms with E-state index in [0.29, 0.717) is 6.61 Å². The van der Waals surface area contributed by atoms with Crippen molar-refractivity contribution >= 4 is 38.9 Å². The third-order valence-corrected chi connectivity index (χ3v) is 3.16. The summed E-state index contributed by atoms with van der Waals surface area (Å²) in [6, 6.07) is 6.09. The predicted molar refractivity (Wildman–Crippen MR) is 76.3 cm³/mol. The lowest BCUT2D eigenvalue weighted by molar-refractivity contribution is -0.137. The summed E-state index contributed by atoms with van der Waals surface area (Å²) >= 11 is 3.46. The van der Waals surface area contributed by atoms with Gasteiger partial charge >= 0.3 is 5.97 Å². The van der Waals surface area contributed by atoms with Crippen molar-refractivity contribution in [2.45, 2.75) is 6.92 Å². The van der Waals surface area contributed by atoms with Crippen molar-refractivity contribution in [3.05, 3.63) is 40.5 Å². The highest BCUT2D eigenvalue weighted by atomic mass is 79.9. The van der Waals surface area contributed by atoms with Crippen LogP contribution in [0.5, 0.6) is 0 Å². The van der Waals surface area contributed by atoms with Gasteiger partial charge in [0.05, 0.1) is 6.61 Å². The van der Waals surface area contributed by atoms with E-state index in [4.69, 9.17) is 4.74 Å². The van der Waals surface area contributed by atoms with Gasteiger partial charge in [-0.1, -0.05) is 15.9 Å². The Kier molecular flexibility index (Phi) is 3.87. The molecule has 2 aromatic rings. The number of rotatable bonds is 3. The Morgan fingerprint density at radius 3 is 3.00 bits per heavy atom. The monoisotopic (exact) mass is 307 g/mol. The second-order valence-electron chi connectivity index (χ2n) is 3.94. The molecule has 0 atom stereocenters. The molecule has 18 heavy (non-hydrogen) atoms. The third kappa shape index (κ3) is 2.64.